The van der Waals surface area contributed by atoms with Crippen LogP contribution < -0.4 is 4.74 Å². The predicted octanol–water partition coefficient (Wildman–Crippen LogP) is 4.23. The molecular weight excluding hydrogens is 379 g/mol. The van der Waals surface area contributed by atoms with E-state index in [-0.39, 0.29) is 5.82 Å². The van der Waals surface area contributed by atoms with Gasteiger partial charge in [-0.1, -0.05) is 6.92 Å². The molecule has 1 heterocycles. The second-order valence-corrected chi connectivity index (χ2v) is 5.70. The van der Waals surface area contributed by atoms with Crippen LogP contribution in [0, 0.1) is 5.82 Å². The molecule has 0 spiro atoms. The van der Waals surface area contributed by atoms with Crippen LogP contribution in [0.5, 0.6) is 5.75 Å². The zero-order valence-corrected chi connectivity index (χ0v) is 13.8. The van der Waals surface area contributed by atoms with E-state index in [2.05, 4.69) is 37.0 Å². The predicted molar refractivity (Wildman–Crippen MR) is 78.7 cm³/mol. The first-order valence-corrected chi connectivity index (χ1v) is 7.39. The molecule has 102 valence electrons. The van der Waals surface area contributed by atoms with Crippen molar-refractivity contribution in [2.45, 2.75) is 20.0 Å². The molecule has 0 saturated carbocycles. The molecule has 0 radical (unpaired) electrons. The minimum Gasteiger partial charge on any atom is -0.486 e. The lowest BCUT2D eigenvalue weighted by molar-refractivity contribution is 0.291. The molecule has 0 unspecified atom stereocenters. The molecule has 3 nitrogen and oxygen atoms in total. The highest BCUT2D eigenvalue weighted by Gasteiger charge is 2.13. The van der Waals surface area contributed by atoms with E-state index in [0.717, 1.165) is 26.8 Å². The van der Waals surface area contributed by atoms with Gasteiger partial charge in [0.25, 0.3) is 0 Å². The molecule has 0 aliphatic rings. The van der Waals surface area contributed by atoms with E-state index >= 15 is 0 Å². The van der Waals surface area contributed by atoms with Gasteiger partial charge in [0.2, 0.25) is 0 Å². The molecule has 0 aliphatic carbocycles. The van der Waals surface area contributed by atoms with Crippen molar-refractivity contribution >= 4 is 31.9 Å². The third-order valence-electron chi connectivity index (χ3n) is 2.76. The van der Waals surface area contributed by atoms with Crippen molar-refractivity contribution < 1.29 is 9.13 Å². The van der Waals surface area contributed by atoms with Crippen LogP contribution in [0.1, 0.15) is 18.3 Å². The topological polar surface area (TPSA) is 27.1 Å². The Morgan fingerprint density at radius 2 is 2.11 bits per heavy atom. The van der Waals surface area contributed by atoms with Crippen LogP contribution >= 0.6 is 31.9 Å². The van der Waals surface area contributed by atoms with E-state index in [0.29, 0.717) is 12.4 Å². The van der Waals surface area contributed by atoms with Crippen molar-refractivity contribution in [3.05, 3.63) is 44.3 Å². The lowest BCUT2D eigenvalue weighted by Gasteiger charge is -2.09. The molecule has 1 aromatic heterocycles. The van der Waals surface area contributed by atoms with Crippen LogP contribution in [-0.4, -0.2) is 9.78 Å². The van der Waals surface area contributed by atoms with Crippen LogP contribution in [-0.2, 0) is 20.1 Å². The van der Waals surface area contributed by atoms with Crippen LogP contribution in [0.25, 0.3) is 0 Å². The Morgan fingerprint density at radius 3 is 2.74 bits per heavy atom. The van der Waals surface area contributed by atoms with Gasteiger partial charge in [-0.05, 0) is 50.4 Å². The first-order chi connectivity index (χ1) is 9.02. The van der Waals surface area contributed by atoms with Crippen molar-refractivity contribution in [1.82, 2.24) is 9.78 Å². The molecule has 6 heteroatoms. The van der Waals surface area contributed by atoms with E-state index in [1.165, 1.54) is 12.1 Å². The van der Waals surface area contributed by atoms with Crippen molar-refractivity contribution in [3.8, 4) is 5.75 Å². The summed E-state index contributed by atoms with van der Waals surface area (Å²) >= 11 is 6.85. The summed E-state index contributed by atoms with van der Waals surface area (Å²) in [7, 11) is 1.86. The Bertz CT molecular complexity index is 599. The van der Waals surface area contributed by atoms with Gasteiger partial charge in [0, 0.05) is 13.1 Å². The number of ether oxygens (including phenoxy) is 1. The number of benzene rings is 1. The normalized spacial score (nSPS) is 10.8. The zero-order valence-electron chi connectivity index (χ0n) is 10.6. The zero-order chi connectivity index (χ0) is 14.0. The fraction of sp³-hybridized carbons (Fsp3) is 0.308. The van der Waals surface area contributed by atoms with Gasteiger partial charge in [-0.25, -0.2) is 4.39 Å². The lowest BCUT2D eigenvalue weighted by atomic mass is 10.3. The number of hydrogen-bond acceptors (Lipinski definition) is 2. The molecule has 0 bridgehead atoms. The highest BCUT2D eigenvalue weighted by Crippen LogP contribution is 2.28. The molecular formula is C13H13Br2FN2O. The average Bonchev–Trinajstić information content (AvgIpc) is 2.66. The van der Waals surface area contributed by atoms with Gasteiger partial charge in [0.15, 0.2) is 0 Å². The van der Waals surface area contributed by atoms with Gasteiger partial charge in [-0.15, -0.1) is 0 Å². The molecule has 0 N–H and O–H groups in total. The van der Waals surface area contributed by atoms with Crippen molar-refractivity contribution in [1.29, 1.82) is 0 Å². The van der Waals surface area contributed by atoms with Crippen LogP contribution in [0.4, 0.5) is 4.39 Å². The highest BCUT2D eigenvalue weighted by atomic mass is 79.9. The molecule has 1 aromatic carbocycles. The Kier molecular flexibility index (Phi) is 4.62. The minimum atomic E-state index is -0.323. The molecule has 0 amide bonds. The molecule has 2 aromatic rings. The maximum atomic E-state index is 13.2. The Labute approximate surface area is 128 Å². The Morgan fingerprint density at radius 1 is 1.37 bits per heavy atom. The smallest absolute Gasteiger partial charge is 0.136 e. The van der Waals surface area contributed by atoms with Crippen LogP contribution in [0.15, 0.2) is 27.1 Å². The summed E-state index contributed by atoms with van der Waals surface area (Å²) in [6.07, 6.45) is 0.845. The quantitative estimate of drug-likeness (QED) is 0.779. The fourth-order valence-corrected chi connectivity index (χ4v) is 2.80. The Hall–Kier alpha value is -0.880. The highest BCUT2D eigenvalue weighted by molar-refractivity contribution is 9.10. The number of aryl methyl sites for hydroxylation is 2. The summed E-state index contributed by atoms with van der Waals surface area (Å²) in [6, 6.07) is 4.36. The van der Waals surface area contributed by atoms with E-state index < -0.39 is 0 Å². The number of halogens is 3. The standard InChI is InChI=1S/C13H13Br2FN2O/c1-3-10-13(15)11(18(2)17-10)7-19-12-6-8(16)4-5-9(12)14/h4-6H,3,7H2,1-2H3. The second-order valence-electron chi connectivity index (χ2n) is 4.05. The Balaban J connectivity index is 2.19. The van der Waals surface area contributed by atoms with Gasteiger partial charge in [-0.2, -0.15) is 5.10 Å². The molecule has 0 aliphatic heterocycles. The number of aromatic nitrogens is 2. The molecule has 0 fully saturated rings. The van der Waals surface area contributed by atoms with Gasteiger partial charge >= 0.3 is 0 Å². The molecule has 19 heavy (non-hydrogen) atoms. The van der Waals surface area contributed by atoms with E-state index in [1.54, 1.807) is 10.7 Å². The summed E-state index contributed by atoms with van der Waals surface area (Å²) in [5, 5.41) is 4.38. The third-order valence-corrected chi connectivity index (χ3v) is 4.33. The third kappa shape index (κ3) is 3.17. The lowest BCUT2D eigenvalue weighted by Crippen LogP contribution is -2.04. The van der Waals surface area contributed by atoms with Crippen LogP contribution in [0.2, 0.25) is 0 Å². The fourth-order valence-electron chi connectivity index (χ4n) is 1.71. The summed E-state index contributed by atoms with van der Waals surface area (Å²) in [6.45, 7) is 2.37. The SMILES string of the molecule is CCc1nn(C)c(COc2cc(F)ccc2Br)c1Br. The number of rotatable bonds is 4. The monoisotopic (exact) mass is 390 g/mol. The summed E-state index contributed by atoms with van der Waals surface area (Å²) in [5.74, 6) is 0.155. The first-order valence-electron chi connectivity index (χ1n) is 5.81. The van der Waals surface area contributed by atoms with E-state index in [9.17, 15) is 4.39 Å². The molecule has 0 saturated heterocycles. The van der Waals surface area contributed by atoms with Gasteiger partial charge in [0.05, 0.1) is 20.3 Å². The van der Waals surface area contributed by atoms with Gasteiger partial charge in [-0.3, -0.25) is 4.68 Å². The van der Waals surface area contributed by atoms with Gasteiger partial charge < -0.3 is 4.74 Å². The van der Waals surface area contributed by atoms with E-state index in [1.807, 2.05) is 14.0 Å². The van der Waals surface area contributed by atoms with Crippen molar-refractivity contribution in [2.75, 3.05) is 0 Å². The minimum absolute atomic E-state index is 0.323. The number of nitrogens with zero attached hydrogens (tertiary/aromatic N) is 2. The molecule has 0 atom stereocenters. The summed E-state index contributed by atoms with van der Waals surface area (Å²) in [5.41, 5.74) is 1.91. The average molecular weight is 392 g/mol. The maximum absolute atomic E-state index is 13.2. The van der Waals surface area contributed by atoms with Crippen LogP contribution in [0.3, 0.4) is 0 Å². The molecule has 2 rings (SSSR count). The second kappa shape index (κ2) is 6.05. The number of hydrogen-bond donors (Lipinski definition) is 0. The van der Waals surface area contributed by atoms with Gasteiger partial charge in [0.1, 0.15) is 18.2 Å². The first kappa shape index (κ1) is 14.5. The van der Waals surface area contributed by atoms with Crippen molar-refractivity contribution in [3.63, 3.8) is 0 Å². The maximum Gasteiger partial charge on any atom is 0.136 e. The summed E-state index contributed by atoms with van der Waals surface area (Å²) in [4.78, 5) is 0. The van der Waals surface area contributed by atoms with Crippen molar-refractivity contribution in [2.24, 2.45) is 7.05 Å². The summed E-state index contributed by atoms with van der Waals surface area (Å²) < 4.78 is 22.3. The largest absolute Gasteiger partial charge is 0.486 e. The van der Waals surface area contributed by atoms with E-state index in [4.69, 9.17) is 4.74 Å².